The van der Waals surface area contributed by atoms with Gasteiger partial charge >= 0.3 is 11.9 Å². The number of carboxylic acids is 1. The number of likely N-dealkylation sites (tertiary alicyclic amines) is 1. The van der Waals surface area contributed by atoms with Gasteiger partial charge in [0.25, 0.3) is 0 Å². The fraction of sp³-hybridized carbons (Fsp3) is 0.483. The molecule has 2 aromatic rings. The van der Waals surface area contributed by atoms with E-state index in [0.29, 0.717) is 25.7 Å². The highest BCUT2D eigenvalue weighted by atomic mass is 32.2. The van der Waals surface area contributed by atoms with Crippen molar-refractivity contribution in [3.63, 3.8) is 0 Å². The standard InChI is InChI=1S/C29H33F2NO5S/c1-18(16-30)19-7-9-22(10-8-19)29(38-24-13-11-23(31)12-14-24)15-25(27(34)35)32(17-29)26(33)20-3-5-21(6-4-20)28(36)37-2/h7-14,18,20-21,25H,3-6,15-17H2,1-2H3,(H,34,35)/t18?,20-,21-,25-,29?/m0/s1. The van der Waals surface area contributed by atoms with Crippen molar-refractivity contribution < 1.29 is 33.0 Å². The van der Waals surface area contributed by atoms with Crippen LogP contribution in [0.15, 0.2) is 53.4 Å². The Morgan fingerprint density at radius 1 is 1.05 bits per heavy atom. The number of aliphatic carboxylic acids is 1. The summed E-state index contributed by atoms with van der Waals surface area (Å²) in [5, 5.41) is 10.2. The van der Waals surface area contributed by atoms with Crippen LogP contribution in [0.5, 0.6) is 0 Å². The Morgan fingerprint density at radius 2 is 1.66 bits per heavy atom. The summed E-state index contributed by atoms with van der Waals surface area (Å²) < 4.78 is 30.9. The van der Waals surface area contributed by atoms with E-state index in [1.807, 2.05) is 24.3 Å². The van der Waals surface area contributed by atoms with Crippen molar-refractivity contribution in [3.8, 4) is 0 Å². The van der Waals surface area contributed by atoms with Gasteiger partial charge in [-0.15, -0.1) is 11.8 Å². The van der Waals surface area contributed by atoms with E-state index in [2.05, 4.69) is 0 Å². The van der Waals surface area contributed by atoms with Gasteiger partial charge in [0.15, 0.2) is 0 Å². The lowest BCUT2D eigenvalue weighted by Gasteiger charge is -2.32. The fourth-order valence-corrected chi connectivity index (χ4v) is 7.00. The maximum Gasteiger partial charge on any atom is 0.326 e. The van der Waals surface area contributed by atoms with Crippen molar-refractivity contribution in [3.05, 3.63) is 65.5 Å². The Labute approximate surface area is 225 Å². The molecule has 2 aromatic carbocycles. The Bertz CT molecular complexity index is 1150. The number of ether oxygens (including phenoxy) is 1. The Morgan fingerprint density at radius 3 is 2.21 bits per heavy atom. The number of alkyl halides is 1. The second-order valence-corrected chi connectivity index (χ2v) is 11.8. The summed E-state index contributed by atoms with van der Waals surface area (Å²) in [5.41, 5.74) is 1.67. The molecular formula is C29H33F2NO5S. The largest absolute Gasteiger partial charge is 0.480 e. The number of hydrogen-bond acceptors (Lipinski definition) is 5. The predicted molar refractivity (Wildman–Crippen MR) is 140 cm³/mol. The number of rotatable bonds is 8. The lowest BCUT2D eigenvalue weighted by molar-refractivity contribution is -0.152. The number of hydrogen-bond donors (Lipinski definition) is 1. The maximum atomic E-state index is 13.7. The van der Waals surface area contributed by atoms with Crippen LogP contribution in [0, 0.1) is 17.7 Å². The highest BCUT2D eigenvalue weighted by molar-refractivity contribution is 8.00. The molecule has 2 fully saturated rings. The number of benzene rings is 2. The fourth-order valence-electron chi connectivity index (χ4n) is 5.58. The average Bonchev–Trinajstić information content (AvgIpc) is 3.34. The molecule has 0 aromatic heterocycles. The van der Waals surface area contributed by atoms with E-state index >= 15 is 0 Å². The van der Waals surface area contributed by atoms with Crippen LogP contribution in [0.25, 0.3) is 0 Å². The molecule has 1 saturated heterocycles. The van der Waals surface area contributed by atoms with E-state index in [4.69, 9.17) is 4.74 Å². The minimum Gasteiger partial charge on any atom is -0.480 e. The van der Waals surface area contributed by atoms with Crippen LogP contribution in [-0.4, -0.2) is 54.2 Å². The van der Waals surface area contributed by atoms with E-state index < -0.39 is 23.4 Å². The van der Waals surface area contributed by atoms with Gasteiger partial charge in [0.2, 0.25) is 5.91 Å². The van der Waals surface area contributed by atoms with Crippen molar-refractivity contribution in [1.82, 2.24) is 4.90 Å². The summed E-state index contributed by atoms with van der Waals surface area (Å²) in [4.78, 5) is 40.3. The first kappa shape index (κ1) is 28.1. The molecule has 3 atom stereocenters. The number of thioether (sulfide) groups is 1. The molecule has 1 aliphatic carbocycles. The average molecular weight is 546 g/mol. The summed E-state index contributed by atoms with van der Waals surface area (Å²) in [5.74, 6) is -2.81. The molecule has 2 aliphatic rings. The van der Waals surface area contributed by atoms with Crippen molar-refractivity contribution in [2.24, 2.45) is 11.8 Å². The van der Waals surface area contributed by atoms with Gasteiger partial charge in [0.1, 0.15) is 11.9 Å². The normalized spacial score (nSPS) is 26.1. The zero-order valence-corrected chi connectivity index (χ0v) is 22.4. The van der Waals surface area contributed by atoms with Gasteiger partial charge in [-0.3, -0.25) is 14.0 Å². The van der Waals surface area contributed by atoms with Crippen molar-refractivity contribution in [2.75, 3.05) is 20.3 Å². The number of carboxylic acid groups (broad SMARTS) is 1. The maximum absolute atomic E-state index is 13.7. The van der Waals surface area contributed by atoms with Gasteiger partial charge in [0.05, 0.1) is 24.4 Å². The number of halogens is 2. The lowest BCUT2D eigenvalue weighted by Crippen LogP contribution is -2.45. The number of nitrogens with zero attached hydrogens (tertiary/aromatic N) is 1. The zero-order chi connectivity index (χ0) is 27.4. The molecule has 6 nitrogen and oxygen atoms in total. The second-order valence-electron chi connectivity index (χ2n) is 10.3. The van der Waals surface area contributed by atoms with Crippen LogP contribution < -0.4 is 0 Å². The Hall–Kier alpha value is -2.94. The molecule has 0 bridgehead atoms. The van der Waals surface area contributed by atoms with Crippen LogP contribution >= 0.6 is 11.8 Å². The van der Waals surface area contributed by atoms with Crippen molar-refractivity contribution in [1.29, 1.82) is 0 Å². The summed E-state index contributed by atoms with van der Waals surface area (Å²) in [6.45, 7) is 1.47. The molecule has 9 heteroatoms. The van der Waals surface area contributed by atoms with Crippen LogP contribution in [0.3, 0.4) is 0 Å². The summed E-state index contributed by atoms with van der Waals surface area (Å²) in [7, 11) is 1.35. The monoisotopic (exact) mass is 545 g/mol. The molecular weight excluding hydrogens is 512 g/mol. The number of methoxy groups -OCH3 is 1. The summed E-state index contributed by atoms with van der Waals surface area (Å²) in [6.07, 6.45) is 2.22. The lowest BCUT2D eigenvalue weighted by atomic mass is 9.81. The van der Waals surface area contributed by atoms with Gasteiger partial charge in [-0.25, -0.2) is 9.18 Å². The first-order valence-corrected chi connectivity index (χ1v) is 13.7. The van der Waals surface area contributed by atoms with Crippen LogP contribution in [-0.2, 0) is 23.9 Å². The third kappa shape index (κ3) is 5.87. The smallest absolute Gasteiger partial charge is 0.326 e. The van der Waals surface area contributed by atoms with Crippen LogP contribution in [0.4, 0.5) is 8.78 Å². The zero-order valence-electron chi connectivity index (χ0n) is 21.6. The van der Waals surface area contributed by atoms with Crippen molar-refractivity contribution in [2.45, 2.75) is 60.6 Å². The van der Waals surface area contributed by atoms with E-state index in [0.717, 1.165) is 16.0 Å². The molecule has 2 unspecified atom stereocenters. The topological polar surface area (TPSA) is 83.9 Å². The number of amides is 1. The second kappa shape index (κ2) is 11.8. The quantitative estimate of drug-likeness (QED) is 0.438. The molecule has 0 spiro atoms. The highest BCUT2D eigenvalue weighted by Gasteiger charge is 2.51. The Balaban J connectivity index is 1.64. The SMILES string of the molecule is COC(=O)[C@H]1CC[C@H](C(=O)N2CC(Sc3ccc(F)cc3)(c3ccc(C(C)CF)cc3)C[C@H]2C(=O)O)CC1. The minimum absolute atomic E-state index is 0.166. The van der Waals surface area contributed by atoms with Gasteiger partial charge in [-0.05, 0) is 67.5 Å². The molecule has 1 N–H and O–H groups in total. The first-order valence-electron chi connectivity index (χ1n) is 12.9. The highest BCUT2D eigenvalue weighted by Crippen LogP contribution is 2.51. The van der Waals surface area contributed by atoms with E-state index in [1.165, 1.54) is 35.9 Å². The van der Waals surface area contributed by atoms with E-state index in [1.54, 1.807) is 19.1 Å². The van der Waals surface area contributed by atoms with Crippen molar-refractivity contribution >= 4 is 29.6 Å². The van der Waals surface area contributed by atoms with Gasteiger partial charge < -0.3 is 14.7 Å². The van der Waals surface area contributed by atoms with E-state index in [9.17, 15) is 28.3 Å². The minimum atomic E-state index is -1.08. The summed E-state index contributed by atoms with van der Waals surface area (Å²) in [6, 6.07) is 12.4. The molecule has 1 saturated carbocycles. The van der Waals surface area contributed by atoms with E-state index in [-0.39, 0.29) is 48.4 Å². The van der Waals surface area contributed by atoms with Gasteiger partial charge in [-0.2, -0.15) is 0 Å². The first-order chi connectivity index (χ1) is 18.2. The number of carbonyl (C=O) groups is 3. The Kier molecular flexibility index (Phi) is 8.75. The number of esters is 1. The van der Waals surface area contributed by atoms with Crippen LogP contribution in [0.1, 0.15) is 56.1 Å². The summed E-state index contributed by atoms with van der Waals surface area (Å²) >= 11 is 1.42. The molecule has 0 radical (unpaired) electrons. The molecule has 1 heterocycles. The third-order valence-electron chi connectivity index (χ3n) is 7.87. The predicted octanol–water partition coefficient (Wildman–Crippen LogP) is 5.55. The van der Waals surface area contributed by atoms with Gasteiger partial charge in [0, 0.05) is 23.3 Å². The number of carbonyl (C=O) groups excluding carboxylic acids is 2. The molecule has 1 amide bonds. The van der Waals surface area contributed by atoms with Crippen LogP contribution in [0.2, 0.25) is 0 Å². The van der Waals surface area contributed by atoms with Gasteiger partial charge in [-0.1, -0.05) is 31.2 Å². The molecule has 1 aliphatic heterocycles. The molecule has 204 valence electrons. The third-order valence-corrected chi connectivity index (χ3v) is 9.30. The molecule has 38 heavy (non-hydrogen) atoms. The molecule has 4 rings (SSSR count).